The first-order chi connectivity index (χ1) is 10.9. The Hall–Kier alpha value is -3.13. The number of nitro groups is 1. The van der Waals surface area contributed by atoms with Gasteiger partial charge in [-0.25, -0.2) is 0 Å². The SMILES string of the molecule is O=C(C[C@@]1(O)C(=O)Nc2ccc([N+](=O)[O-])cc21)c1ccncc1. The van der Waals surface area contributed by atoms with Crippen LogP contribution in [0.2, 0.25) is 0 Å². The molecule has 1 aromatic carbocycles. The van der Waals surface area contributed by atoms with E-state index in [4.69, 9.17) is 0 Å². The van der Waals surface area contributed by atoms with E-state index in [1.807, 2.05) is 0 Å². The summed E-state index contributed by atoms with van der Waals surface area (Å²) < 4.78 is 0. The van der Waals surface area contributed by atoms with Gasteiger partial charge in [0.15, 0.2) is 11.4 Å². The quantitative estimate of drug-likeness (QED) is 0.500. The van der Waals surface area contributed by atoms with Gasteiger partial charge in [0.1, 0.15) is 0 Å². The fourth-order valence-electron chi connectivity index (χ4n) is 2.49. The summed E-state index contributed by atoms with van der Waals surface area (Å²) in [5.74, 6) is -1.25. The molecule has 0 fully saturated rings. The molecule has 1 amide bonds. The number of amides is 1. The van der Waals surface area contributed by atoms with E-state index in [0.29, 0.717) is 5.56 Å². The minimum absolute atomic E-state index is 0.0270. The van der Waals surface area contributed by atoms with E-state index < -0.39 is 28.6 Å². The Morgan fingerprint density at radius 3 is 2.65 bits per heavy atom. The minimum atomic E-state index is -2.14. The highest BCUT2D eigenvalue weighted by Gasteiger charge is 2.47. The predicted octanol–water partition coefficient (Wildman–Crippen LogP) is 1.40. The fourth-order valence-corrected chi connectivity index (χ4v) is 2.49. The van der Waals surface area contributed by atoms with Crippen molar-refractivity contribution in [2.24, 2.45) is 0 Å². The topological polar surface area (TPSA) is 122 Å². The highest BCUT2D eigenvalue weighted by atomic mass is 16.6. The summed E-state index contributed by atoms with van der Waals surface area (Å²) in [7, 11) is 0. The fraction of sp³-hybridized carbons (Fsp3) is 0.133. The van der Waals surface area contributed by atoms with Crippen LogP contribution in [0.15, 0.2) is 42.7 Å². The number of non-ortho nitro benzene ring substituents is 1. The normalized spacial score (nSPS) is 19.1. The van der Waals surface area contributed by atoms with Gasteiger partial charge < -0.3 is 10.4 Å². The Labute approximate surface area is 129 Å². The average molecular weight is 313 g/mol. The lowest BCUT2D eigenvalue weighted by molar-refractivity contribution is -0.385. The van der Waals surface area contributed by atoms with Crippen LogP contribution in [0.4, 0.5) is 11.4 Å². The van der Waals surface area contributed by atoms with E-state index in [9.17, 15) is 24.8 Å². The number of aromatic nitrogens is 1. The second kappa shape index (κ2) is 5.25. The zero-order chi connectivity index (χ0) is 16.6. The molecule has 0 bridgehead atoms. The van der Waals surface area contributed by atoms with Crippen molar-refractivity contribution >= 4 is 23.1 Å². The lowest BCUT2D eigenvalue weighted by atomic mass is 9.88. The number of pyridine rings is 1. The number of benzene rings is 1. The maximum absolute atomic E-state index is 12.3. The number of fused-ring (bicyclic) bond motifs is 1. The molecule has 1 aliphatic rings. The third kappa shape index (κ3) is 2.44. The number of nitrogens with zero attached hydrogens (tertiary/aromatic N) is 2. The number of ketones is 1. The number of nitro benzene ring substituents is 1. The van der Waals surface area contributed by atoms with Crippen LogP contribution in [-0.4, -0.2) is 26.7 Å². The lowest BCUT2D eigenvalue weighted by Crippen LogP contribution is -2.36. The molecule has 8 heteroatoms. The molecule has 3 rings (SSSR count). The number of aliphatic hydroxyl groups is 1. The van der Waals surface area contributed by atoms with Crippen LogP contribution in [0.1, 0.15) is 22.3 Å². The molecule has 0 radical (unpaired) electrons. The number of anilines is 1. The van der Waals surface area contributed by atoms with Crippen molar-refractivity contribution in [2.75, 3.05) is 5.32 Å². The molecule has 0 spiro atoms. The van der Waals surface area contributed by atoms with Crippen molar-refractivity contribution in [1.82, 2.24) is 4.98 Å². The summed E-state index contributed by atoms with van der Waals surface area (Å²) in [6.45, 7) is 0. The summed E-state index contributed by atoms with van der Waals surface area (Å²) in [5, 5.41) is 24.0. The molecule has 0 saturated heterocycles. The van der Waals surface area contributed by atoms with Crippen LogP contribution in [0.5, 0.6) is 0 Å². The third-order valence-corrected chi connectivity index (χ3v) is 3.70. The number of Topliss-reactive ketones (excluding diaryl/α,β-unsaturated/α-hetero) is 1. The van der Waals surface area contributed by atoms with E-state index in [2.05, 4.69) is 10.3 Å². The molecule has 1 atom stereocenters. The molecule has 1 aromatic heterocycles. The molecule has 0 saturated carbocycles. The zero-order valence-electron chi connectivity index (χ0n) is 11.7. The molecule has 2 N–H and O–H groups in total. The molecule has 0 aliphatic carbocycles. The van der Waals surface area contributed by atoms with Crippen LogP contribution in [0, 0.1) is 10.1 Å². The Kier molecular flexibility index (Phi) is 3.38. The lowest BCUT2D eigenvalue weighted by Gasteiger charge is -2.19. The number of rotatable bonds is 4. The standard InChI is InChI=1S/C15H11N3O5/c19-13(9-3-5-16-6-4-9)8-15(21)11-7-10(18(22)23)1-2-12(11)17-14(15)20/h1-7,21H,8H2,(H,17,20)/t15-/m0/s1. The molecule has 23 heavy (non-hydrogen) atoms. The highest BCUT2D eigenvalue weighted by Crippen LogP contribution is 2.40. The predicted molar refractivity (Wildman–Crippen MR) is 78.8 cm³/mol. The smallest absolute Gasteiger partial charge is 0.269 e. The maximum atomic E-state index is 12.3. The molecular formula is C15H11N3O5. The first-order valence-corrected chi connectivity index (χ1v) is 6.68. The van der Waals surface area contributed by atoms with Gasteiger partial charge >= 0.3 is 0 Å². The van der Waals surface area contributed by atoms with Gasteiger partial charge in [-0.15, -0.1) is 0 Å². The second-order valence-electron chi connectivity index (χ2n) is 5.14. The van der Waals surface area contributed by atoms with E-state index in [0.717, 1.165) is 6.07 Å². The van der Waals surface area contributed by atoms with Crippen molar-refractivity contribution in [3.8, 4) is 0 Å². The largest absolute Gasteiger partial charge is 0.375 e. The Morgan fingerprint density at radius 1 is 1.30 bits per heavy atom. The molecule has 1 aliphatic heterocycles. The van der Waals surface area contributed by atoms with E-state index in [-0.39, 0.29) is 16.9 Å². The van der Waals surface area contributed by atoms with Gasteiger partial charge in [-0.3, -0.25) is 24.7 Å². The Morgan fingerprint density at radius 2 is 2.00 bits per heavy atom. The van der Waals surface area contributed by atoms with Crippen molar-refractivity contribution < 1.29 is 19.6 Å². The minimum Gasteiger partial charge on any atom is -0.375 e. The Bertz CT molecular complexity index is 821. The van der Waals surface area contributed by atoms with Gasteiger partial charge in [-0.05, 0) is 18.2 Å². The van der Waals surface area contributed by atoms with Crippen molar-refractivity contribution in [2.45, 2.75) is 12.0 Å². The van der Waals surface area contributed by atoms with Gasteiger partial charge in [0.25, 0.3) is 11.6 Å². The molecular weight excluding hydrogens is 302 g/mol. The summed E-state index contributed by atoms with van der Waals surface area (Å²) in [6, 6.07) is 6.59. The van der Waals surface area contributed by atoms with Crippen LogP contribution >= 0.6 is 0 Å². The van der Waals surface area contributed by atoms with E-state index in [1.165, 1.54) is 36.7 Å². The number of nitrogens with one attached hydrogen (secondary N) is 1. The first-order valence-electron chi connectivity index (χ1n) is 6.68. The molecule has 0 unspecified atom stereocenters. The van der Waals surface area contributed by atoms with Gasteiger partial charge in [-0.1, -0.05) is 0 Å². The summed E-state index contributed by atoms with van der Waals surface area (Å²) >= 11 is 0. The third-order valence-electron chi connectivity index (χ3n) is 3.70. The average Bonchev–Trinajstić information content (AvgIpc) is 2.79. The maximum Gasteiger partial charge on any atom is 0.269 e. The summed E-state index contributed by atoms with van der Waals surface area (Å²) in [6.07, 6.45) is 2.33. The van der Waals surface area contributed by atoms with Crippen molar-refractivity contribution in [3.05, 3.63) is 64.0 Å². The molecule has 8 nitrogen and oxygen atoms in total. The zero-order valence-corrected chi connectivity index (χ0v) is 11.7. The van der Waals surface area contributed by atoms with Crippen LogP contribution in [0.25, 0.3) is 0 Å². The summed E-state index contributed by atoms with van der Waals surface area (Å²) in [4.78, 5) is 38.4. The van der Waals surface area contributed by atoms with Crippen LogP contribution in [0.3, 0.4) is 0 Å². The second-order valence-corrected chi connectivity index (χ2v) is 5.14. The van der Waals surface area contributed by atoms with Crippen molar-refractivity contribution in [1.29, 1.82) is 0 Å². The monoisotopic (exact) mass is 313 g/mol. The Balaban J connectivity index is 1.99. The van der Waals surface area contributed by atoms with Crippen LogP contribution < -0.4 is 5.32 Å². The number of hydrogen-bond donors (Lipinski definition) is 2. The van der Waals surface area contributed by atoms with E-state index >= 15 is 0 Å². The van der Waals surface area contributed by atoms with E-state index in [1.54, 1.807) is 0 Å². The number of carbonyl (C=O) groups is 2. The summed E-state index contributed by atoms with van der Waals surface area (Å²) in [5.41, 5.74) is -1.83. The first kappa shape index (κ1) is 14.8. The molecule has 2 aromatic rings. The highest BCUT2D eigenvalue weighted by molar-refractivity contribution is 6.09. The van der Waals surface area contributed by atoms with Crippen molar-refractivity contribution in [3.63, 3.8) is 0 Å². The van der Waals surface area contributed by atoms with Gasteiger partial charge in [0.2, 0.25) is 0 Å². The van der Waals surface area contributed by atoms with Gasteiger partial charge in [0, 0.05) is 41.3 Å². The molecule has 116 valence electrons. The molecule has 2 heterocycles. The van der Waals surface area contributed by atoms with Gasteiger partial charge in [-0.2, -0.15) is 0 Å². The van der Waals surface area contributed by atoms with Gasteiger partial charge in [0.05, 0.1) is 11.3 Å². The number of hydrogen-bond acceptors (Lipinski definition) is 6. The number of carbonyl (C=O) groups excluding carboxylic acids is 2. The van der Waals surface area contributed by atoms with Crippen LogP contribution in [-0.2, 0) is 10.4 Å².